The van der Waals surface area contributed by atoms with Crippen LogP contribution in [0.1, 0.15) is 17.5 Å². The first-order valence-corrected chi connectivity index (χ1v) is 7.19. The first-order valence-electron chi connectivity index (χ1n) is 7.19. The van der Waals surface area contributed by atoms with Gasteiger partial charge in [0.25, 0.3) is 0 Å². The van der Waals surface area contributed by atoms with Crippen LogP contribution in [0, 0.1) is 5.82 Å². The molecule has 1 aromatic heterocycles. The van der Waals surface area contributed by atoms with Crippen LogP contribution in [0.4, 0.5) is 4.39 Å². The molecule has 7 heteroatoms. The second-order valence-corrected chi connectivity index (χ2v) is 5.07. The molecule has 0 bridgehead atoms. The third-order valence-corrected chi connectivity index (χ3v) is 3.25. The molecule has 0 amide bonds. The molecule has 3 rings (SSSR count). The van der Waals surface area contributed by atoms with E-state index in [9.17, 15) is 4.39 Å². The smallest absolute Gasteiger partial charge is 0.246 e. The topological polar surface area (TPSA) is 74.2 Å². The van der Waals surface area contributed by atoms with Crippen LogP contribution < -0.4 is 5.73 Å². The maximum atomic E-state index is 13.2. The summed E-state index contributed by atoms with van der Waals surface area (Å²) >= 11 is 0. The van der Waals surface area contributed by atoms with Crippen LogP contribution in [-0.4, -0.2) is 16.7 Å². The lowest BCUT2D eigenvalue weighted by Crippen LogP contribution is -2.17. The minimum atomic E-state index is -0.534. The Morgan fingerprint density at radius 2 is 1.92 bits per heavy atom. The van der Waals surface area contributed by atoms with Gasteiger partial charge >= 0.3 is 0 Å². The summed E-state index contributed by atoms with van der Waals surface area (Å²) in [4.78, 5) is 4.20. The van der Waals surface area contributed by atoms with E-state index in [0.29, 0.717) is 18.0 Å². The van der Waals surface area contributed by atoms with Gasteiger partial charge in [0, 0.05) is 5.56 Å². The molecule has 0 aliphatic rings. The van der Waals surface area contributed by atoms with Gasteiger partial charge in [0.1, 0.15) is 11.9 Å². The molecular formula is C17H17ClFN3O2. The van der Waals surface area contributed by atoms with Crippen LogP contribution in [0.5, 0.6) is 0 Å². The second-order valence-electron chi connectivity index (χ2n) is 5.07. The average molecular weight is 350 g/mol. The highest BCUT2D eigenvalue weighted by Crippen LogP contribution is 2.19. The fraction of sp³-hybridized carbons (Fsp3) is 0.176. The van der Waals surface area contributed by atoms with Crippen LogP contribution in [0.15, 0.2) is 59.1 Å². The van der Waals surface area contributed by atoms with E-state index in [1.54, 1.807) is 12.1 Å². The summed E-state index contributed by atoms with van der Waals surface area (Å²) in [6.07, 6.45) is 0. The van der Waals surface area contributed by atoms with Gasteiger partial charge in [-0.15, -0.1) is 12.4 Å². The first kappa shape index (κ1) is 18.1. The number of benzene rings is 2. The zero-order chi connectivity index (χ0) is 16.1. The summed E-state index contributed by atoms with van der Waals surface area (Å²) in [6.45, 7) is 0.707. The molecule has 126 valence electrons. The molecule has 0 saturated heterocycles. The summed E-state index contributed by atoms with van der Waals surface area (Å²) in [5.41, 5.74) is 7.59. The largest absolute Gasteiger partial charge is 0.375 e. The Balaban J connectivity index is 0.00000208. The van der Waals surface area contributed by atoms with Crippen molar-refractivity contribution in [3.05, 3.63) is 71.9 Å². The van der Waals surface area contributed by atoms with Crippen LogP contribution in [0.3, 0.4) is 0 Å². The van der Waals surface area contributed by atoms with Crippen LogP contribution in [0.2, 0.25) is 0 Å². The monoisotopic (exact) mass is 349 g/mol. The molecule has 0 saturated carbocycles. The highest BCUT2D eigenvalue weighted by atomic mass is 35.5. The Labute approximate surface area is 145 Å². The highest BCUT2D eigenvalue weighted by Gasteiger charge is 2.16. The fourth-order valence-corrected chi connectivity index (χ4v) is 2.08. The third-order valence-electron chi connectivity index (χ3n) is 3.25. The molecule has 5 nitrogen and oxygen atoms in total. The molecular weight excluding hydrogens is 333 g/mol. The lowest BCUT2D eigenvalue weighted by molar-refractivity contribution is 0.0997. The van der Waals surface area contributed by atoms with Crippen molar-refractivity contribution in [3.8, 4) is 11.4 Å². The molecule has 3 aromatic rings. The summed E-state index contributed by atoms with van der Waals surface area (Å²) < 4.78 is 23.9. The zero-order valence-electron chi connectivity index (χ0n) is 12.8. The van der Waals surface area contributed by atoms with Crippen molar-refractivity contribution in [2.45, 2.75) is 12.6 Å². The van der Waals surface area contributed by atoms with E-state index < -0.39 is 6.04 Å². The van der Waals surface area contributed by atoms with Crippen LogP contribution in [-0.2, 0) is 11.3 Å². The maximum absolute atomic E-state index is 13.2. The van der Waals surface area contributed by atoms with Crippen molar-refractivity contribution in [2.75, 3.05) is 6.61 Å². The van der Waals surface area contributed by atoms with Gasteiger partial charge in [0.15, 0.2) is 0 Å². The Kier molecular flexibility index (Phi) is 6.43. The van der Waals surface area contributed by atoms with Gasteiger partial charge in [-0.25, -0.2) is 4.39 Å². The van der Waals surface area contributed by atoms with Crippen molar-refractivity contribution >= 4 is 12.4 Å². The highest BCUT2D eigenvalue weighted by molar-refractivity contribution is 5.85. The van der Waals surface area contributed by atoms with E-state index >= 15 is 0 Å². The van der Waals surface area contributed by atoms with Crippen molar-refractivity contribution in [3.63, 3.8) is 0 Å². The van der Waals surface area contributed by atoms with Gasteiger partial charge in [0.05, 0.1) is 13.2 Å². The molecule has 2 aromatic carbocycles. The molecule has 2 N–H and O–H groups in total. The summed E-state index contributed by atoms with van der Waals surface area (Å²) in [5.74, 6) is 0.208. The van der Waals surface area contributed by atoms with Gasteiger partial charge in [-0.3, -0.25) is 0 Å². The number of rotatable bonds is 6. The zero-order valence-corrected chi connectivity index (χ0v) is 13.6. The van der Waals surface area contributed by atoms with E-state index in [4.69, 9.17) is 15.0 Å². The number of nitrogens with zero attached hydrogens (tertiary/aromatic N) is 2. The Hall–Kier alpha value is -2.28. The van der Waals surface area contributed by atoms with Crippen LogP contribution >= 0.6 is 12.4 Å². The molecule has 0 aliphatic heterocycles. The lowest BCUT2D eigenvalue weighted by Gasteiger charge is -2.08. The van der Waals surface area contributed by atoms with Gasteiger partial charge in [-0.2, -0.15) is 4.98 Å². The Morgan fingerprint density at radius 3 is 2.67 bits per heavy atom. The molecule has 0 aliphatic carbocycles. The van der Waals surface area contributed by atoms with Crippen molar-refractivity contribution in [1.29, 1.82) is 0 Å². The van der Waals surface area contributed by atoms with Gasteiger partial charge < -0.3 is 15.0 Å². The lowest BCUT2D eigenvalue weighted by atomic mass is 10.2. The fourth-order valence-electron chi connectivity index (χ4n) is 2.08. The van der Waals surface area contributed by atoms with Gasteiger partial charge in [-0.1, -0.05) is 47.6 Å². The minimum Gasteiger partial charge on any atom is -0.375 e. The molecule has 1 atom stereocenters. The quantitative estimate of drug-likeness (QED) is 0.737. The molecule has 0 radical (unpaired) electrons. The first-order chi connectivity index (χ1) is 11.2. The summed E-state index contributed by atoms with van der Waals surface area (Å²) in [6, 6.07) is 15.2. The van der Waals surface area contributed by atoms with Crippen molar-refractivity contribution < 1.29 is 13.7 Å². The van der Waals surface area contributed by atoms with Crippen molar-refractivity contribution in [1.82, 2.24) is 10.1 Å². The SMILES string of the molecule is Cl.NC(COCc1ccccc1)c1nc(-c2cccc(F)c2)no1. The normalized spacial score (nSPS) is 11.8. The predicted octanol–water partition coefficient (Wildman–Crippen LogP) is 3.51. The van der Waals surface area contributed by atoms with E-state index in [-0.39, 0.29) is 30.7 Å². The Morgan fingerprint density at radius 1 is 1.12 bits per heavy atom. The third kappa shape index (κ3) is 4.61. The predicted molar refractivity (Wildman–Crippen MR) is 90.0 cm³/mol. The second kappa shape index (κ2) is 8.54. The number of halogens is 2. The van der Waals surface area contributed by atoms with Gasteiger partial charge in [-0.05, 0) is 17.7 Å². The molecule has 24 heavy (non-hydrogen) atoms. The molecule has 0 fully saturated rings. The van der Waals surface area contributed by atoms with E-state index in [1.165, 1.54) is 12.1 Å². The standard InChI is InChI=1S/C17H16FN3O2.ClH/c18-14-8-4-7-13(9-14)16-20-17(23-21-16)15(19)11-22-10-12-5-2-1-3-6-12;/h1-9,15H,10-11,19H2;1H. The summed E-state index contributed by atoms with van der Waals surface area (Å²) in [7, 11) is 0. The molecule has 1 heterocycles. The maximum Gasteiger partial charge on any atom is 0.246 e. The minimum absolute atomic E-state index is 0. The Bertz CT molecular complexity index is 767. The van der Waals surface area contributed by atoms with E-state index in [0.717, 1.165) is 5.56 Å². The number of aromatic nitrogens is 2. The average Bonchev–Trinajstić information content (AvgIpc) is 3.06. The van der Waals surface area contributed by atoms with E-state index in [2.05, 4.69) is 10.1 Å². The van der Waals surface area contributed by atoms with Crippen LogP contribution in [0.25, 0.3) is 11.4 Å². The number of nitrogens with two attached hydrogens (primary N) is 1. The molecule has 1 unspecified atom stereocenters. The number of hydrogen-bond donors (Lipinski definition) is 1. The number of hydrogen-bond acceptors (Lipinski definition) is 5. The van der Waals surface area contributed by atoms with E-state index in [1.807, 2.05) is 30.3 Å². The van der Waals surface area contributed by atoms with Crippen molar-refractivity contribution in [2.24, 2.45) is 5.73 Å². The van der Waals surface area contributed by atoms with Gasteiger partial charge in [0.2, 0.25) is 11.7 Å². The summed E-state index contributed by atoms with van der Waals surface area (Å²) in [5, 5.41) is 3.83. The number of ether oxygens (including phenoxy) is 1. The molecule has 0 spiro atoms.